The van der Waals surface area contributed by atoms with Crippen molar-refractivity contribution in [2.75, 3.05) is 39.3 Å². The van der Waals surface area contributed by atoms with Gasteiger partial charge in [0.05, 0.1) is 14.2 Å². The van der Waals surface area contributed by atoms with Gasteiger partial charge in [-0.2, -0.15) is 0 Å². The van der Waals surface area contributed by atoms with Crippen LogP contribution in [0.4, 0.5) is 5.69 Å². The van der Waals surface area contributed by atoms with Crippen LogP contribution >= 0.6 is 0 Å². The first kappa shape index (κ1) is 18.4. The predicted octanol–water partition coefficient (Wildman–Crippen LogP) is 3.03. The minimum atomic E-state index is 0.263. The van der Waals surface area contributed by atoms with Gasteiger partial charge in [0.2, 0.25) is 0 Å². The summed E-state index contributed by atoms with van der Waals surface area (Å²) in [5, 5.41) is 3.12. The van der Waals surface area contributed by atoms with Gasteiger partial charge in [-0.1, -0.05) is 6.42 Å². The van der Waals surface area contributed by atoms with Gasteiger partial charge >= 0.3 is 0 Å². The Hall–Kier alpha value is -1.95. The number of anilines is 1. The minimum Gasteiger partial charge on any atom is -0.493 e. The van der Waals surface area contributed by atoms with Crippen molar-refractivity contribution in [3.05, 3.63) is 18.2 Å². The van der Waals surface area contributed by atoms with Crippen molar-refractivity contribution in [2.24, 2.45) is 16.1 Å². The van der Waals surface area contributed by atoms with Crippen molar-refractivity contribution >= 4 is 11.6 Å². The second kappa shape index (κ2) is 8.78. The predicted molar refractivity (Wildman–Crippen MR) is 97.1 cm³/mol. The van der Waals surface area contributed by atoms with Gasteiger partial charge in [-0.05, 0) is 43.7 Å². The summed E-state index contributed by atoms with van der Waals surface area (Å²) in [5.74, 6) is 1.76. The molecule has 0 saturated heterocycles. The van der Waals surface area contributed by atoms with Crippen LogP contribution < -0.4 is 20.5 Å². The number of methoxy groups -OCH3 is 2. The molecule has 0 atom stereocenters. The molecule has 0 aliphatic heterocycles. The molecule has 0 spiro atoms. The fraction of sp³-hybridized carbons (Fsp3) is 0.611. The molecule has 6 heteroatoms. The standard InChI is InChI=1S/C18H29N3O3/c1-4-24-11-10-18(8-5-9-18)13-20-17(19)21-14-6-7-15(22-2)16(12-14)23-3/h6-7,12H,4-5,8-11,13H2,1-3H3,(H3,19,20,21). The summed E-state index contributed by atoms with van der Waals surface area (Å²) in [6, 6.07) is 5.57. The van der Waals surface area contributed by atoms with E-state index in [1.54, 1.807) is 14.2 Å². The summed E-state index contributed by atoms with van der Waals surface area (Å²) in [6.07, 6.45) is 4.72. The molecule has 0 heterocycles. The lowest BCUT2D eigenvalue weighted by Gasteiger charge is -2.40. The van der Waals surface area contributed by atoms with E-state index in [1.807, 2.05) is 25.1 Å². The molecule has 0 amide bonds. The summed E-state index contributed by atoms with van der Waals surface area (Å²) in [7, 11) is 3.22. The SMILES string of the molecule is CCOCCC1(CN=C(N)Nc2ccc(OC)c(OC)c2)CCC1. The van der Waals surface area contributed by atoms with Crippen LogP contribution in [0.25, 0.3) is 0 Å². The average molecular weight is 335 g/mol. The van der Waals surface area contributed by atoms with E-state index in [4.69, 9.17) is 19.9 Å². The molecule has 134 valence electrons. The van der Waals surface area contributed by atoms with Crippen LogP contribution in [0, 0.1) is 5.41 Å². The first-order valence-electron chi connectivity index (χ1n) is 8.49. The highest BCUT2D eigenvalue weighted by atomic mass is 16.5. The zero-order chi connectivity index (χ0) is 17.4. The summed E-state index contributed by atoms with van der Waals surface area (Å²) in [4.78, 5) is 4.55. The molecule has 1 aromatic rings. The third-order valence-corrected chi connectivity index (χ3v) is 4.64. The number of nitrogens with zero attached hydrogens (tertiary/aromatic N) is 1. The normalized spacial score (nSPS) is 16.4. The molecule has 1 aromatic carbocycles. The smallest absolute Gasteiger partial charge is 0.193 e. The van der Waals surface area contributed by atoms with Crippen molar-refractivity contribution in [1.29, 1.82) is 0 Å². The highest BCUT2D eigenvalue weighted by Gasteiger charge is 2.36. The lowest BCUT2D eigenvalue weighted by Crippen LogP contribution is -2.35. The third kappa shape index (κ3) is 4.77. The Balaban J connectivity index is 1.93. The highest BCUT2D eigenvalue weighted by molar-refractivity contribution is 5.92. The summed E-state index contributed by atoms with van der Waals surface area (Å²) in [6.45, 7) is 4.33. The Labute approximate surface area is 144 Å². The van der Waals surface area contributed by atoms with Crippen LogP contribution in [0.1, 0.15) is 32.6 Å². The molecule has 2 rings (SSSR count). The van der Waals surface area contributed by atoms with E-state index in [2.05, 4.69) is 10.3 Å². The Kier molecular flexibility index (Phi) is 6.73. The van der Waals surface area contributed by atoms with E-state index in [-0.39, 0.29) is 5.41 Å². The molecule has 0 bridgehead atoms. The summed E-state index contributed by atoms with van der Waals surface area (Å²) < 4.78 is 16.0. The highest BCUT2D eigenvalue weighted by Crippen LogP contribution is 2.44. The quantitative estimate of drug-likeness (QED) is 0.412. The van der Waals surface area contributed by atoms with E-state index in [1.165, 1.54) is 19.3 Å². The molecule has 0 aromatic heterocycles. The topological polar surface area (TPSA) is 78.1 Å². The summed E-state index contributed by atoms with van der Waals surface area (Å²) in [5.41, 5.74) is 7.13. The lowest BCUT2D eigenvalue weighted by atomic mass is 9.67. The lowest BCUT2D eigenvalue weighted by molar-refractivity contribution is 0.0610. The number of hydrogen-bond donors (Lipinski definition) is 2. The molecule has 1 aliphatic carbocycles. The van der Waals surface area contributed by atoms with Crippen molar-refractivity contribution in [1.82, 2.24) is 0 Å². The zero-order valence-corrected chi connectivity index (χ0v) is 14.9. The molecular formula is C18H29N3O3. The van der Waals surface area contributed by atoms with Crippen molar-refractivity contribution in [3.63, 3.8) is 0 Å². The maximum absolute atomic E-state index is 6.04. The van der Waals surface area contributed by atoms with E-state index < -0.39 is 0 Å². The number of ether oxygens (including phenoxy) is 3. The van der Waals surface area contributed by atoms with E-state index >= 15 is 0 Å². The van der Waals surface area contributed by atoms with Gasteiger partial charge in [0.1, 0.15) is 0 Å². The third-order valence-electron chi connectivity index (χ3n) is 4.64. The van der Waals surface area contributed by atoms with Crippen LogP contribution in [-0.2, 0) is 4.74 Å². The van der Waals surface area contributed by atoms with Crippen LogP contribution in [0.5, 0.6) is 11.5 Å². The van der Waals surface area contributed by atoms with Gasteiger partial charge in [0.15, 0.2) is 17.5 Å². The average Bonchev–Trinajstić information content (AvgIpc) is 2.56. The fourth-order valence-electron chi connectivity index (χ4n) is 2.95. The molecular weight excluding hydrogens is 306 g/mol. The Morgan fingerprint density at radius 2 is 2.00 bits per heavy atom. The van der Waals surface area contributed by atoms with Crippen LogP contribution in [0.15, 0.2) is 23.2 Å². The second-order valence-electron chi connectivity index (χ2n) is 6.20. The van der Waals surface area contributed by atoms with Gasteiger partial charge in [0.25, 0.3) is 0 Å². The molecule has 0 unspecified atom stereocenters. The molecule has 1 saturated carbocycles. The Morgan fingerprint density at radius 1 is 1.25 bits per heavy atom. The van der Waals surface area contributed by atoms with Crippen molar-refractivity contribution in [2.45, 2.75) is 32.6 Å². The molecule has 24 heavy (non-hydrogen) atoms. The van der Waals surface area contributed by atoms with Crippen LogP contribution in [-0.4, -0.2) is 39.9 Å². The monoisotopic (exact) mass is 335 g/mol. The van der Waals surface area contributed by atoms with Crippen LogP contribution in [0.3, 0.4) is 0 Å². The number of guanidine groups is 1. The van der Waals surface area contributed by atoms with Crippen molar-refractivity contribution in [3.8, 4) is 11.5 Å². The molecule has 1 fully saturated rings. The molecule has 0 radical (unpaired) electrons. The van der Waals surface area contributed by atoms with E-state index in [0.29, 0.717) is 17.5 Å². The van der Waals surface area contributed by atoms with Crippen molar-refractivity contribution < 1.29 is 14.2 Å². The summed E-state index contributed by atoms with van der Waals surface area (Å²) >= 11 is 0. The Bertz CT molecular complexity index is 556. The second-order valence-corrected chi connectivity index (χ2v) is 6.20. The fourth-order valence-corrected chi connectivity index (χ4v) is 2.95. The Morgan fingerprint density at radius 3 is 2.58 bits per heavy atom. The van der Waals surface area contributed by atoms with Crippen LogP contribution in [0.2, 0.25) is 0 Å². The number of benzene rings is 1. The van der Waals surface area contributed by atoms with Gasteiger partial charge in [-0.3, -0.25) is 4.99 Å². The zero-order valence-electron chi connectivity index (χ0n) is 14.9. The van der Waals surface area contributed by atoms with Gasteiger partial charge in [-0.15, -0.1) is 0 Å². The number of nitrogens with two attached hydrogens (primary N) is 1. The maximum Gasteiger partial charge on any atom is 0.193 e. The van der Waals surface area contributed by atoms with E-state index in [9.17, 15) is 0 Å². The van der Waals surface area contributed by atoms with Gasteiger partial charge in [0, 0.05) is 31.5 Å². The largest absolute Gasteiger partial charge is 0.493 e. The number of nitrogens with one attached hydrogen (secondary N) is 1. The molecule has 1 aliphatic rings. The van der Waals surface area contributed by atoms with E-state index in [0.717, 1.165) is 31.9 Å². The maximum atomic E-state index is 6.04. The molecule has 6 nitrogen and oxygen atoms in total. The number of aliphatic imine (C=N–C) groups is 1. The minimum absolute atomic E-state index is 0.263. The number of hydrogen-bond acceptors (Lipinski definition) is 4. The first-order valence-corrected chi connectivity index (χ1v) is 8.49. The number of rotatable bonds is 9. The first-order chi connectivity index (χ1) is 11.6. The van der Waals surface area contributed by atoms with Gasteiger partial charge in [-0.25, -0.2) is 0 Å². The van der Waals surface area contributed by atoms with Gasteiger partial charge < -0.3 is 25.3 Å². The molecule has 3 N–H and O–H groups in total.